The molecular formula is C23H41N3O2. The van der Waals surface area contributed by atoms with Crippen LogP contribution in [0.15, 0.2) is 0 Å². The fraction of sp³-hybridized carbons (Fsp3) is 0.957. The first-order chi connectivity index (χ1) is 13.4. The largest absolute Gasteiger partial charge is 0.373 e. The highest BCUT2D eigenvalue weighted by molar-refractivity contribution is 5.79. The van der Waals surface area contributed by atoms with Gasteiger partial charge in [-0.15, -0.1) is 0 Å². The average molecular weight is 392 g/mol. The molecule has 1 heterocycles. The molecule has 2 unspecified atom stereocenters. The van der Waals surface area contributed by atoms with E-state index in [4.69, 9.17) is 10.5 Å². The first-order valence-electron chi connectivity index (χ1n) is 11.8. The lowest BCUT2D eigenvalue weighted by Crippen LogP contribution is -2.63. The van der Waals surface area contributed by atoms with Crippen LogP contribution in [0.5, 0.6) is 0 Å². The Kier molecular flexibility index (Phi) is 6.06. The third-order valence-electron chi connectivity index (χ3n) is 8.26. The van der Waals surface area contributed by atoms with Crippen LogP contribution in [0, 0.1) is 17.8 Å². The number of carbonyl (C=O) groups is 1. The first kappa shape index (κ1) is 20.6. The molecular weight excluding hydrogens is 350 g/mol. The van der Waals surface area contributed by atoms with E-state index in [2.05, 4.69) is 24.1 Å². The molecule has 0 spiro atoms. The summed E-state index contributed by atoms with van der Waals surface area (Å²) in [6.07, 6.45) is 12.0. The van der Waals surface area contributed by atoms with Crippen molar-refractivity contribution in [2.45, 2.75) is 95.2 Å². The summed E-state index contributed by atoms with van der Waals surface area (Å²) in [4.78, 5) is 15.8. The van der Waals surface area contributed by atoms with Crippen LogP contribution >= 0.6 is 0 Å². The van der Waals surface area contributed by atoms with Gasteiger partial charge in [-0.25, -0.2) is 0 Å². The van der Waals surface area contributed by atoms with Crippen LogP contribution in [-0.2, 0) is 9.53 Å². The van der Waals surface area contributed by atoms with E-state index < -0.39 is 0 Å². The van der Waals surface area contributed by atoms with Crippen LogP contribution < -0.4 is 11.1 Å². The molecule has 0 aromatic rings. The Bertz CT molecular complexity index is 544. The summed E-state index contributed by atoms with van der Waals surface area (Å²) in [5.74, 6) is 1.59. The minimum absolute atomic E-state index is 0.0936. The summed E-state index contributed by atoms with van der Waals surface area (Å²) >= 11 is 0. The maximum absolute atomic E-state index is 13.1. The zero-order valence-electron chi connectivity index (χ0n) is 18.0. The minimum Gasteiger partial charge on any atom is -0.373 e. The molecule has 3 N–H and O–H groups in total. The second kappa shape index (κ2) is 8.23. The number of fused-ring (bicyclic) bond motifs is 2. The van der Waals surface area contributed by atoms with Crippen molar-refractivity contribution in [3.63, 3.8) is 0 Å². The molecule has 2 atom stereocenters. The van der Waals surface area contributed by atoms with Crippen LogP contribution in [-0.4, -0.2) is 54.2 Å². The van der Waals surface area contributed by atoms with Crippen LogP contribution in [0.4, 0.5) is 0 Å². The fourth-order valence-corrected chi connectivity index (χ4v) is 6.64. The van der Waals surface area contributed by atoms with Gasteiger partial charge in [-0.05, 0) is 64.2 Å². The van der Waals surface area contributed by atoms with Gasteiger partial charge in [0.05, 0.1) is 12.2 Å². The molecule has 160 valence electrons. The number of hydrogen-bond acceptors (Lipinski definition) is 4. The Labute approximate surface area is 171 Å². The summed E-state index contributed by atoms with van der Waals surface area (Å²) in [7, 11) is 0. The van der Waals surface area contributed by atoms with Crippen LogP contribution in [0.1, 0.15) is 78.1 Å². The molecule has 3 aliphatic carbocycles. The van der Waals surface area contributed by atoms with Crippen molar-refractivity contribution in [2.24, 2.45) is 23.5 Å². The van der Waals surface area contributed by atoms with E-state index >= 15 is 0 Å². The van der Waals surface area contributed by atoms with Gasteiger partial charge in [-0.1, -0.05) is 25.7 Å². The lowest BCUT2D eigenvalue weighted by Gasteiger charge is -2.52. The maximum Gasteiger partial charge on any atom is 0.223 e. The SMILES string of the molecule is CC1(C)CN(C2(CNC(=O)C3CC4CCCC(C3)C4N)CCCCC2)CCO1. The van der Waals surface area contributed by atoms with Crippen molar-refractivity contribution < 1.29 is 9.53 Å². The van der Waals surface area contributed by atoms with Crippen LogP contribution in [0.3, 0.4) is 0 Å². The predicted molar refractivity (Wildman–Crippen MR) is 112 cm³/mol. The molecule has 3 saturated carbocycles. The average Bonchev–Trinajstić information content (AvgIpc) is 2.66. The number of morpholine rings is 1. The second-order valence-electron chi connectivity index (χ2n) is 10.7. The molecule has 1 saturated heterocycles. The molecule has 2 bridgehead atoms. The molecule has 28 heavy (non-hydrogen) atoms. The summed E-state index contributed by atoms with van der Waals surface area (Å²) in [5.41, 5.74) is 6.46. The highest BCUT2D eigenvalue weighted by atomic mass is 16.5. The summed E-state index contributed by atoms with van der Waals surface area (Å²) < 4.78 is 5.96. The number of nitrogens with zero attached hydrogens (tertiary/aromatic N) is 1. The van der Waals surface area contributed by atoms with Gasteiger partial charge in [0.25, 0.3) is 0 Å². The Balaban J connectivity index is 1.40. The van der Waals surface area contributed by atoms with Gasteiger partial charge in [-0.2, -0.15) is 0 Å². The third-order valence-corrected chi connectivity index (χ3v) is 8.26. The smallest absolute Gasteiger partial charge is 0.223 e. The first-order valence-corrected chi connectivity index (χ1v) is 11.8. The summed E-state index contributed by atoms with van der Waals surface area (Å²) in [6, 6.07) is 0.332. The van der Waals surface area contributed by atoms with Crippen molar-refractivity contribution in [3.8, 4) is 0 Å². The Morgan fingerprint density at radius 1 is 1.11 bits per heavy atom. The number of hydrogen-bond donors (Lipinski definition) is 2. The highest BCUT2D eigenvalue weighted by Gasteiger charge is 2.44. The monoisotopic (exact) mass is 391 g/mol. The predicted octanol–water partition coefficient (Wildman–Crippen LogP) is 3.07. The second-order valence-corrected chi connectivity index (χ2v) is 10.7. The summed E-state index contributed by atoms with van der Waals surface area (Å²) in [5, 5.41) is 3.43. The molecule has 4 fully saturated rings. The van der Waals surface area contributed by atoms with E-state index in [1.807, 2.05) is 0 Å². The number of rotatable bonds is 4. The van der Waals surface area contributed by atoms with Gasteiger partial charge in [-0.3, -0.25) is 9.69 Å². The van der Waals surface area contributed by atoms with E-state index in [1.165, 1.54) is 51.4 Å². The Morgan fingerprint density at radius 3 is 2.43 bits per heavy atom. The van der Waals surface area contributed by atoms with Crippen molar-refractivity contribution in [1.82, 2.24) is 10.2 Å². The number of carbonyl (C=O) groups excluding carboxylic acids is 1. The molecule has 0 aromatic heterocycles. The van der Waals surface area contributed by atoms with Gasteiger partial charge < -0.3 is 15.8 Å². The number of nitrogens with two attached hydrogens (primary N) is 1. The third kappa shape index (κ3) is 4.27. The Morgan fingerprint density at radius 2 is 1.79 bits per heavy atom. The quantitative estimate of drug-likeness (QED) is 0.773. The Hall–Kier alpha value is -0.650. The van der Waals surface area contributed by atoms with Gasteiger partial charge in [0, 0.05) is 37.1 Å². The van der Waals surface area contributed by atoms with E-state index in [1.54, 1.807) is 0 Å². The standard InChI is InChI=1S/C23H41N3O2/c1-22(2)16-26(11-12-28-22)23(9-4-3-5-10-23)15-25-21(27)19-13-17-7-6-8-18(14-19)20(17)24/h17-20H,3-16,24H2,1-2H3,(H,25,27). The van der Waals surface area contributed by atoms with Gasteiger partial charge in [0.15, 0.2) is 0 Å². The fourth-order valence-electron chi connectivity index (χ4n) is 6.64. The van der Waals surface area contributed by atoms with Gasteiger partial charge in [0.2, 0.25) is 5.91 Å². The molecule has 1 amide bonds. The van der Waals surface area contributed by atoms with E-state index in [0.29, 0.717) is 23.8 Å². The molecule has 0 radical (unpaired) electrons. The number of ether oxygens (including phenoxy) is 1. The van der Waals surface area contributed by atoms with Crippen molar-refractivity contribution in [2.75, 3.05) is 26.2 Å². The molecule has 4 rings (SSSR count). The molecule has 5 heteroatoms. The number of amides is 1. The molecule has 4 aliphatic rings. The molecule has 0 aromatic carbocycles. The normalized spacial score (nSPS) is 38.0. The molecule has 1 aliphatic heterocycles. The van der Waals surface area contributed by atoms with E-state index in [0.717, 1.165) is 39.1 Å². The van der Waals surface area contributed by atoms with Crippen LogP contribution in [0.2, 0.25) is 0 Å². The van der Waals surface area contributed by atoms with Crippen LogP contribution in [0.25, 0.3) is 0 Å². The minimum atomic E-state index is -0.0936. The highest BCUT2D eigenvalue weighted by Crippen LogP contribution is 2.42. The topological polar surface area (TPSA) is 67.6 Å². The van der Waals surface area contributed by atoms with Crippen molar-refractivity contribution >= 4 is 5.91 Å². The molecule has 5 nitrogen and oxygen atoms in total. The lowest BCUT2D eigenvalue weighted by molar-refractivity contribution is -0.133. The summed E-state index contributed by atoms with van der Waals surface area (Å²) in [6.45, 7) is 7.94. The zero-order valence-corrected chi connectivity index (χ0v) is 18.0. The van der Waals surface area contributed by atoms with Crippen molar-refractivity contribution in [3.05, 3.63) is 0 Å². The van der Waals surface area contributed by atoms with E-state index in [9.17, 15) is 4.79 Å². The zero-order chi connectivity index (χ0) is 19.8. The lowest BCUT2D eigenvalue weighted by atomic mass is 9.65. The van der Waals surface area contributed by atoms with E-state index in [-0.39, 0.29) is 17.1 Å². The number of nitrogens with one attached hydrogen (secondary N) is 1. The maximum atomic E-state index is 13.1. The van der Waals surface area contributed by atoms with Gasteiger partial charge in [0.1, 0.15) is 0 Å². The van der Waals surface area contributed by atoms with Gasteiger partial charge >= 0.3 is 0 Å². The van der Waals surface area contributed by atoms with Crippen molar-refractivity contribution in [1.29, 1.82) is 0 Å².